The van der Waals surface area contributed by atoms with Gasteiger partial charge in [0.05, 0.1) is 6.61 Å². The molecule has 2 aromatic rings. The SMILES string of the molecule is C=CCOC(C)C(=O)OCC(=O)c1cc(C)n(-c2nccs2)c1C. The van der Waals surface area contributed by atoms with Gasteiger partial charge in [-0.25, -0.2) is 9.78 Å². The van der Waals surface area contributed by atoms with E-state index in [0.29, 0.717) is 5.56 Å². The van der Waals surface area contributed by atoms with Gasteiger partial charge in [0.15, 0.2) is 17.8 Å². The van der Waals surface area contributed by atoms with Gasteiger partial charge in [-0.1, -0.05) is 6.08 Å². The van der Waals surface area contributed by atoms with Crippen LogP contribution in [0.2, 0.25) is 0 Å². The fraction of sp³-hybridized carbons (Fsp3) is 0.353. The van der Waals surface area contributed by atoms with Crippen LogP contribution in [0, 0.1) is 13.8 Å². The van der Waals surface area contributed by atoms with Gasteiger partial charge in [-0.3, -0.25) is 9.36 Å². The van der Waals surface area contributed by atoms with Gasteiger partial charge in [0, 0.05) is 28.5 Å². The minimum absolute atomic E-state index is 0.249. The number of ketones is 1. The van der Waals surface area contributed by atoms with E-state index in [1.807, 2.05) is 23.8 Å². The van der Waals surface area contributed by atoms with Crippen LogP contribution in [0.1, 0.15) is 28.7 Å². The second kappa shape index (κ2) is 8.03. The van der Waals surface area contributed by atoms with Crippen molar-refractivity contribution in [1.29, 1.82) is 0 Å². The number of ether oxygens (including phenoxy) is 2. The molecule has 0 aromatic carbocycles. The van der Waals surface area contributed by atoms with E-state index in [0.717, 1.165) is 16.5 Å². The third-order valence-corrected chi connectivity index (χ3v) is 4.24. The average Bonchev–Trinajstić information content (AvgIpc) is 3.17. The first kappa shape index (κ1) is 18.1. The Bertz CT molecular complexity index is 734. The first-order valence-electron chi connectivity index (χ1n) is 7.46. The van der Waals surface area contributed by atoms with Crippen molar-refractivity contribution in [2.45, 2.75) is 26.9 Å². The van der Waals surface area contributed by atoms with Crippen molar-refractivity contribution in [3.8, 4) is 5.13 Å². The number of nitrogens with zero attached hydrogens (tertiary/aromatic N) is 2. The Hall–Kier alpha value is -2.25. The van der Waals surface area contributed by atoms with Gasteiger partial charge in [-0.2, -0.15) is 0 Å². The van der Waals surface area contributed by atoms with Crippen molar-refractivity contribution in [1.82, 2.24) is 9.55 Å². The molecule has 0 aliphatic rings. The molecule has 0 aliphatic carbocycles. The van der Waals surface area contributed by atoms with Gasteiger partial charge in [0.2, 0.25) is 5.78 Å². The van der Waals surface area contributed by atoms with Gasteiger partial charge >= 0.3 is 5.97 Å². The molecule has 0 saturated heterocycles. The Morgan fingerprint density at radius 3 is 2.83 bits per heavy atom. The highest BCUT2D eigenvalue weighted by molar-refractivity contribution is 7.12. The number of esters is 1. The number of aryl methyl sites for hydroxylation is 1. The number of Topliss-reactive ketones (excluding diaryl/α,β-unsaturated/α-hetero) is 1. The summed E-state index contributed by atoms with van der Waals surface area (Å²) in [6.45, 7) is 8.77. The van der Waals surface area contributed by atoms with Crippen molar-refractivity contribution in [2.75, 3.05) is 13.2 Å². The molecule has 128 valence electrons. The van der Waals surface area contributed by atoms with E-state index in [2.05, 4.69) is 11.6 Å². The summed E-state index contributed by atoms with van der Waals surface area (Å²) in [5.74, 6) is -0.825. The molecule has 0 saturated carbocycles. The summed E-state index contributed by atoms with van der Waals surface area (Å²) in [7, 11) is 0. The van der Waals surface area contributed by atoms with E-state index in [9.17, 15) is 9.59 Å². The maximum Gasteiger partial charge on any atom is 0.335 e. The number of hydrogen-bond donors (Lipinski definition) is 0. The summed E-state index contributed by atoms with van der Waals surface area (Å²) >= 11 is 1.49. The lowest BCUT2D eigenvalue weighted by Crippen LogP contribution is -2.26. The molecule has 2 rings (SSSR count). The molecule has 7 heteroatoms. The lowest BCUT2D eigenvalue weighted by atomic mass is 10.1. The van der Waals surface area contributed by atoms with E-state index in [4.69, 9.17) is 9.47 Å². The highest BCUT2D eigenvalue weighted by Crippen LogP contribution is 2.22. The minimum Gasteiger partial charge on any atom is -0.455 e. The zero-order chi connectivity index (χ0) is 17.7. The Labute approximate surface area is 144 Å². The molecule has 1 unspecified atom stereocenters. The fourth-order valence-corrected chi connectivity index (χ4v) is 3.03. The molecule has 0 fully saturated rings. The molecule has 0 spiro atoms. The third kappa shape index (κ3) is 3.98. The molecule has 0 bridgehead atoms. The summed E-state index contributed by atoms with van der Waals surface area (Å²) in [6.07, 6.45) is 2.52. The minimum atomic E-state index is -0.737. The van der Waals surface area contributed by atoms with Crippen molar-refractivity contribution in [3.05, 3.63) is 47.2 Å². The lowest BCUT2D eigenvalue weighted by molar-refractivity contribution is -0.154. The summed E-state index contributed by atoms with van der Waals surface area (Å²) in [4.78, 5) is 28.4. The number of carbonyl (C=O) groups excluding carboxylic acids is 2. The second-order valence-corrected chi connectivity index (χ2v) is 6.10. The molecule has 0 aliphatic heterocycles. The monoisotopic (exact) mass is 348 g/mol. The zero-order valence-electron chi connectivity index (χ0n) is 13.9. The molecular weight excluding hydrogens is 328 g/mol. The van der Waals surface area contributed by atoms with Crippen LogP contribution in [0.25, 0.3) is 5.13 Å². The van der Waals surface area contributed by atoms with Crippen LogP contribution in [-0.2, 0) is 14.3 Å². The highest BCUT2D eigenvalue weighted by Gasteiger charge is 2.21. The smallest absolute Gasteiger partial charge is 0.335 e. The Morgan fingerprint density at radius 2 is 2.21 bits per heavy atom. The highest BCUT2D eigenvalue weighted by atomic mass is 32.1. The van der Waals surface area contributed by atoms with Crippen molar-refractivity contribution in [3.63, 3.8) is 0 Å². The maximum atomic E-state index is 12.4. The first-order valence-corrected chi connectivity index (χ1v) is 8.34. The van der Waals surface area contributed by atoms with Crippen molar-refractivity contribution < 1.29 is 19.1 Å². The molecule has 0 N–H and O–H groups in total. The van der Waals surface area contributed by atoms with Gasteiger partial charge in [0.25, 0.3) is 0 Å². The van der Waals surface area contributed by atoms with Crippen LogP contribution in [0.15, 0.2) is 30.3 Å². The van der Waals surface area contributed by atoms with Gasteiger partial charge < -0.3 is 9.47 Å². The van der Waals surface area contributed by atoms with E-state index < -0.39 is 12.1 Å². The van der Waals surface area contributed by atoms with Gasteiger partial charge in [-0.15, -0.1) is 17.9 Å². The van der Waals surface area contributed by atoms with Crippen LogP contribution in [0.5, 0.6) is 0 Å². The van der Waals surface area contributed by atoms with Crippen LogP contribution < -0.4 is 0 Å². The molecule has 2 aromatic heterocycles. The number of thiazole rings is 1. The quantitative estimate of drug-likeness (QED) is 0.417. The summed E-state index contributed by atoms with van der Waals surface area (Å²) in [5, 5.41) is 2.68. The Morgan fingerprint density at radius 1 is 1.46 bits per heavy atom. The third-order valence-electron chi connectivity index (χ3n) is 3.48. The zero-order valence-corrected chi connectivity index (χ0v) is 14.8. The van der Waals surface area contributed by atoms with E-state index in [1.54, 1.807) is 25.3 Å². The molecule has 0 radical (unpaired) electrons. The molecule has 2 heterocycles. The fourth-order valence-electron chi connectivity index (χ4n) is 2.28. The molecule has 6 nitrogen and oxygen atoms in total. The molecule has 0 amide bonds. The average molecular weight is 348 g/mol. The van der Waals surface area contributed by atoms with Crippen LogP contribution in [0.4, 0.5) is 0 Å². The van der Waals surface area contributed by atoms with Crippen LogP contribution >= 0.6 is 11.3 Å². The Balaban J connectivity index is 2.05. The van der Waals surface area contributed by atoms with E-state index >= 15 is 0 Å². The lowest BCUT2D eigenvalue weighted by Gasteiger charge is -2.11. The number of rotatable bonds is 8. The standard InChI is InChI=1S/C17H20N2O4S/c1-5-7-22-13(4)16(21)23-10-15(20)14-9-11(2)19(12(14)3)17-18-6-8-24-17/h5-6,8-9,13H,1,7,10H2,2-4H3. The topological polar surface area (TPSA) is 70.4 Å². The van der Waals surface area contributed by atoms with E-state index in [1.165, 1.54) is 11.3 Å². The van der Waals surface area contributed by atoms with E-state index in [-0.39, 0.29) is 19.0 Å². The summed E-state index contributed by atoms with van der Waals surface area (Å²) < 4.78 is 12.1. The van der Waals surface area contributed by atoms with Gasteiger partial charge in [0.1, 0.15) is 0 Å². The maximum absolute atomic E-state index is 12.4. The molecule has 24 heavy (non-hydrogen) atoms. The normalized spacial score (nSPS) is 12.0. The van der Waals surface area contributed by atoms with Gasteiger partial charge in [-0.05, 0) is 26.8 Å². The summed E-state index contributed by atoms with van der Waals surface area (Å²) in [6, 6.07) is 1.78. The van der Waals surface area contributed by atoms with Crippen molar-refractivity contribution >= 4 is 23.1 Å². The molecular formula is C17H20N2O4S. The van der Waals surface area contributed by atoms with Crippen molar-refractivity contribution in [2.24, 2.45) is 0 Å². The summed E-state index contributed by atoms with van der Waals surface area (Å²) in [5.41, 5.74) is 2.20. The number of aromatic nitrogens is 2. The molecule has 1 atom stereocenters. The predicted octanol–water partition coefficient (Wildman–Crippen LogP) is 2.87. The van der Waals surface area contributed by atoms with Crippen LogP contribution in [0.3, 0.4) is 0 Å². The second-order valence-electron chi connectivity index (χ2n) is 5.23. The number of carbonyl (C=O) groups is 2. The largest absolute Gasteiger partial charge is 0.455 e. The predicted molar refractivity (Wildman–Crippen MR) is 91.8 cm³/mol. The van der Waals surface area contributed by atoms with Crippen LogP contribution in [-0.4, -0.2) is 40.6 Å². The number of hydrogen-bond acceptors (Lipinski definition) is 6. The first-order chi connectivity index (χ1) is 11.5. The Kier molecular flexibility index (Phi) is 6.05.